The van der Waals surface area contributed by atoms with Gasteiger partial charge in [-0.2, -0.15) is 0 Å². The van der Waals surface area contributed by atoms with Crippen LogP contribution in [0, 0.1) is 0 Å². The molecule has 1 aromatic rings. The fraction of sp³-hybridized carbons (Fsp3) is 0.500. The van der Waals surface area contributed by atoms with Gasteiger partial charge in [0.1, 0.15) is 5.60 Å². The average Bonchev–Trinajstić information content (AvgIpc) is 2.99. The SMILES string of the molecule is C=C(C1(O)CCC2(CC1)OCCO2)S(=O)(=O)c1ccccc1. The van der Waals surface area contributed by atoms with Gasteiger partial charge in [-0.25, -0.2) is 8.42 Å². The molecule has 120 valence electrons. The number of rotatable bonds is 3. The normalized spacial score (nSPS) is 23.5. The first-order chi connectivity index (χ1) is 10.4. The van der Waals surface area contributed by atoms with Crippen molar-refractivity contribution in [3.63, 3.8) is 0 Å². The van der Waals surface area contributed by atoms with E-state index in [1.807, 2.05) is 0 Å². The van der Waals surface area contributed by atoms with E-state index in [0.29, 0.717) is 26.1 Å². The lowest BCUT2D eigenvalue weighted by molar-refractivity contribution is -0.196. The molecule has 2 fully saturated rings. The van der Waals surface area contributed by atoms with E-state index in [9.17, 15) is 13.5 Å². The molecule has 0 amide bonds. The van der Waals surface area contributed by atoms with E-state index in [4.69, 9.17) is 9.47 Å². The summed E-state index contributed by atoms with van der Waals surface area (Å²) in [5, 5.41) is 10.8. The van der Waals surface area contributed by atoms with Crippen LogP contribution in [0.4, 0.5) is 0 Å². The highest BCUT2D eigenvalue weighted by Crippen LogP contribution is 2.44. The second kappa shape index (κ2) is 5.45. The van der Waals surface area contributed by atoms with Crippen LogP contribution in [0.25, 0.3) is 0 Å². The number of benzene rings is 1. The minimum atomic E-state index is -3.76. The molecule has 1 saturated heterocycles. The first-order valence-corrected chi connectivity index (χ1v) is 8.86. The molecule has 0 bridgehead atoms. The smallest absolute Gasteiger partial charge is 0.205 e. The van der Waals surface area contributed by atoms with E-state index in [-0.39, 0.29) is 22.6 Å². The van der Waals surface area contributed by atoms with Crippen molar-refractivity contribution in [3.05, 3.63) is 41.8 Å². The quantitative estimate of drug-likeness (QED) is 0.921. The van der Waals surface area contributed by atoms with Gasteiger partial charge in [0.25, 0.3) is 0 Å². The molecule has 0 unspecified atom stereocenters. The van der Waals surface area contributed by atoms with Gasteiger partial charge < -0.3 is 14.6 Å². The Hall–Kier alpha value is -1.21. The molecule has 1 saturated carbocycles. The molecule has 2 aliphatic rings. The zero-order valence-electron chi connectivity index (χ0n) is 12.3. The third-order valence-electron chi connectivity index (χ3n) is 4.55. The molecule has 1 N–H and O–H groups in total. The highest BCUT2D eigenvalue weighted by atomic mass is 32.2. The molecule has 0 aromatic heterocycles. The average molecular weight is 324 g/mol. The fourth-order valence-corrected chi connectivity index (χ4v) is 4.61. The number of sulfone groups is 1. The van der Waals surface area contributed by atoms with Crippen LogP contribution in [0.3, 0.4) is 0 Å². The maximum atomic E-state index is 12.6. The van der Waals surface area contributed by atoms with Gasteiger partial charge in [0.2, 0.25) is 9.84 Å². The zero-order chi connectivity index (χ0) is 15.8. The summed E-state index contributed by atoms with van der Waals surface area (Å²) in [6.45, 7) is 4.78. The van der Waals surface area contributed by atoms with Crippen LogP contribution in [0.15, 0.2) is 46.7 Å². The van der Waals surface area contributed by atoms with E-state index < -0.39 is 21.2 Å². The maximum Gasteiger partial charge on any atom is 0.205 e. The van der Waals surface area contributed by atoms with Gasteiger partial charge in [0.15, 0.2) is 5.79 Å². The van der Waals surface area contributed by atoms with E-state index in [1.54, 1.807) is 18.2 Å². The van der Waals surface area contributed by atoms with Crippen LogP contribution in [-0.4, -0.2) is 38.1 Å². The molecular weight excluding hydrogens is 304 g/mol. The van der Waals surface area contributed by atoms with Gasteiger partial charge in [-0.1, -0.05) is 24.8 Å². The Balaban J connectivity index is 1.80. The van der Waals surface area contributed by atoms with Crippen molar-refractivity contribution >= 4 is 9.84 Å². The van der Waals surface area contributed by atoms with Gasteiger partial charge in [-0.3, -0.25) is 0 Å². The summed E-state index contributed by atoms with van der Waals surface area (Å²) in [7, 11) is -3.76. The lowest BCUT2D eigenvalue weighted by Crippen LogP contribution is -2.45. The Morgan fingerprint density at radius 2 is 1.59 bits per heavy atom. The number of aliphatic hydroxyl groups is 1. The lowest BCUT2D eigenvalue weighted by atomic mass is 9.81. The number of hydrogen-bond donors (Lipinski definition) is 1. The maximum absolute atomic E-state index is 12.6. The second-order valence-corrected chi connectivity index (χ2v) is 7.85. The van der Waals surface area contributed by atoms with E-state index in [2.05, 4.69) is 6.58 Å². The third-order valence-corrected chi connectivity index (χ3v) is 6.47. The van der Waals surface area contributed by atoms with Crippen LogP contribution in [-0.2, 0) is 19.3 Å². The molecule has 1 heterocycles. The first-order valence-electron chi connectivity index (χ1n) is 7.38. The summed E-state index contributed by atoms with van der Waals surface area (Å²) >= 11 is 0. The summed E-state index contributed by atoms with van der Waals surface area (Å²) < 4.78 is 36.5. The van der Waals surface area contributed by atoms with Gasteiger partial charge in [0.05, 0.1) is 23.0 Å². The molecule has 1 aromatic carbocycles. The molecule has 0 atom stereocenters. The first kappa shape index (κ1) is 15.7. The standard InChI is InChI=1S/C16H20O5S/c1-13(22(18,19)14-5-3-2-4-6-14)15(17)7-9-16(10-8-15)20-11-12-21-16/h2-6,17H,1,7-12H2. The highest BCUT2D eigenvalue weighted by molar-refractivity contribution is 7.95. The predicted molar refractivity (Wildman–Crippen MR) is 80.8 cm³/mol. The summed E-state index contributed by atoms with van der Waals surface area (Å²) in [6.07, 6.45) is 1.45. The van der Waals surface area contributed by atoms with Crippen LogP contribution in [0.2, 0.25) is 0 Å². The fourth-order valence-electron chi connectivity index (χ4n) is 3.10. The van der Waals surface area contributed by atoms with Crippen molar-refractivity contribution in [1.29, 1.82) is 0 Å². The summed E-state index contributed by atoms with van der Waals surface area (Å²) in [6, 6.07) is 8.07. The molecule has 1 spiro atoms. The molecule has 6 heteroatoms. The van der Waals surface area contributed by atoms with Crippen molar-refractivity contribution in [1.82, 2.24) is 0 Å². The van der Waals surface area contributed by atoms with Crippen LogP contribution in [0.1, 0.15) is 25.7 Å². The third kappa shape index (κ3) is 2.60. The van der Waals surface area contributed by atoms with E-state index in [1.165, 1.54) is 12.1 Å². The van der Waals surface area contributed by atoms with Crippen molar-refractivity contribution in [2.24, 2.45) is 0 Å². The Labute approximate surface area is 130 Å². The number of hydrogen-bond acceptors (Lipinski definition) is 5. The molecule has 1 aliphatic heterocycles. The summed E-state index contributed by atoms with van der Waals surface area (Å²) in [4.78, 5) is 0.0149. The van der Waals surface area contributed by atoms with Crippen LogP contribution in [0.5, 0.6) is 0 Å². The molecular formula is C16H20O5S. The van der Waals surface area contributed by atoms with E-state index >= 15 is 0 Å². The van der Waals surface area contributed by atoms with Gasteiger partial charge in [-0.05, 0) is 25.0 Å². The topological polar surface area (TPSA) is 72.8 Å². The minimum absolute atomic E-state index is 0.140. The molecule has 1 aliphatic carbocycles. The van der Waals surface area contributed by atoms with E-state index in [0.717, 1.165) is 0 Å². The Morgan fingerprint density at radius 1 is 1.05 bits per heavy atom. The Bertz CT molecular complexity index is 649. The minimum Gasteiger partial charge on any atom is -0.384 e. The molecule has 5 nitrogen and oxygen atoms in total. The Kier molecular flexibility index (Phi) is 3.89. The molecule has 22 heavy (non-hydrogen) atoms. The molecule has 3 rings (SSSR count). The predicted octanol–water partition coefficient (Wildman–Crippen LogP) is 2.02. The van der Waals surface area contributed by atoms with Crippen molar-refractivity contribution in [3.8, 4) is 0 Å². The zero-order valence-corrected chi connectivity index (χ0v) is 13.1. The van der Waals surface area contributed by atoms with Crippen molar-refractivity contribution in [2.45, 2.75) is 42.0 Å². The van der Waals surface area contributed by atoms with Crippen LogP contribution >= 0.6 is 0 Å². The monoisotopic (exact) mass is 324 g/mol. The van der Waals surface area contributed by atoms with Crippen molar-refractivity contribution in [2.75, 3.05) is 13.2 Å². The second-order valence-electron chi connectivity index (χ2n) is 5.88. The van der Waals surface area contributed by atoms with Gasteiger partial charge in [-0.15, -0.1) is 0 Å². The Morgan fingerprint density at radius 3 is 2.14 bits per heavy atom. The van der Waals surface area contributed by atoms with Crippen LogP contribution < -0.4 is 0 Å². The molecule has 0 radical (unpaired) electrons. The van der Waals surface area contributed by atoms with Gasteiger partial charge >= 0.3 is 0 Å². The number of ether oxygens (including phenoxy) is 2. The summed E-state index contributed by atoms with van der Waals surface area (Å²) in [5.74, 6) is -0.650. The van der Waals surface area contributed by atoms with Gasteiger partial charge in [0, 0.05) is 12.8 Å². The van der Waals surface area contributed by atoms with Crippen molar-refractivity contribution < 1.29 is 23.0 Å². The summed E-state index contributed by atoms with van der Waals surface area (Å²) in [5.41, 5.74) is -1.44. The lowest BCUT2D eigenvalue weighted by Gasteiger charge is -2.41. The highest BCUT2D eigenvalue weighted by Gasteiger charge is 2.49. The largest absolute Gasteiger partial charge is 0.384 e.